The fraction of sp³-hybridized carbons (Fsp3) is 0.533. The average Bonchev–Trinajstić information content (AvgIpc) is 2.77. The molecular formula is C15H21N3O. The summed E-state index contributed by atoms with van der Waals surface area (Å²) in [5.74, 6) is 0.739. The second-order valence-corrected chi connectivity index (χ2v) is 5.41. The number of oxazole rings is 1. The van der Waals surface area contributed by atoms with Crippen LogP contribution in [0.3, 0.4) is 0 Å². The molecule has 0 saturated carbocycles. The van der Waals surface area contributed by atoms with E-state index in [0.29, 0.717) is 6.04 Å². The first kappa shape index (κ1) is 12.6. The second-order valence-electron chi connectivity index (χ2n) is 5.41. The molecule has 4 heteroatoms. The van der Waals surface area contributed by atoms with Crippen LogP contribution in [0.4, 0.5) is 0 Å². The van der Waals surface area contributed by atoms with Crippen molar-refractivity contribution in [1.29, 1.82) is 0 Å². The van der Waals surface area contributed by atoms with Crippen LogP contribution in [0.1, 0.15) is 17.9 Å². The maximum absolute atomic E-state index is 5.51. The fourth-order valence-electron chi connectivity index (χ4n) is 2.76. The van der Waals surface area contributed by atoms with Gasteiger partial charge in [-0.1, -0.05) is 6.07 Å². The van der Waals surface area contributed by atoms with Crippen molar-refractivity contribution in [3.05, 3.63) is 29.7 Å². The Kier molecular flexibility index (Phi) is 3.53. The number of benzene rings is 1. The molecule has 1 aromatic carbocycles. The van der Waals surface area contributed by atoms with Gasteiger partial charge < -0.3 is 14.6 Å². The third kappa shape index (κ3) is 2.80. The number of aryl methyl sites for hydroxylation is 2. The second kappa shape index (κ2) is 5.31. The molecule has 1 aliphatic rings. The van der Waals surface area contributed by atoms with Gasteiger partial charge in [0.1, 0.15) is 5.52 Å². The lowest BCUT2D eigenvalue weighted by molar-refractivity contribution is 0.191. The number of likely N-dealkylation sites (N-methyl/N-ethyl adjacent to an activating group) is 1. The van der Waals surface area contributed by atoms with E-state index in [1.165, 1.54) is 12.0 Å². The summed E-state index contributed by atoms with van der Waals surface area (Å²) in [6.45, 7) is 5.24. The smallest absolute Gasteiger partial charge is 0.192 e. The molecule has 1 atom stereocenters. The molecule has 2 aromatic rings. The van der Waals surface area contributed by atoms with Gasteiger partial charge in [-0.15, -0.1) is 0 Å². The standard InChI is InChI=1S/C15H21N3O/c1-11-17-14-9-12(4-6-15(14)19-11)3-5-13-10-16-7-8-18(13)2/h4,6,9,13,16H,3,5,7-8,10H2,1-2H3. The predicted octanol–water partition coefficient (Wildman–Crippen LogP) is 1.97. The number of fused-ring (bicyclic) bond motifs is 1. The molecule has 2 heterocycles. The van der Waals surface area contributed by atoms with Crippen molar-refractivity contribution in [1.82, 2.24) is 15.2 Å². The number of nitrogens with one attached hydrogen (secondary N) is 1. The highest BCUT2D eigenvalue weighted by Gasteiger charge is 2.18. The van der Waals surface area contributed by atoms with Crippen molar-refractivity contribution >= 4 is 11.1 Å². The van der Waals surface area contributed by atoms with Gasteiger partial charge in [0, 0.05) is 32.6 Å². The summed E-state index contributed by atoms with van der Waals surface area (Å²) < 4.78 is 5.51. The Morgan fingerprint density at radius 3 is 3.21 bits per heavy atom. The zero-order chi connectivity index (χ0) is 13.2. The van der Waals surface area contributed by atoms with Crippen molar-refractivity contribution in [3.8, 4) is 0 Å². The highest BCUT2D eigenvalue weighted by Crippen LogP contribution is 2.18. The molecule has 1 unspecified atom stereocenters. The molecule has 4 nitrogen and oxygen atoms in total. The van der Waals surface area contributed by atoms with Crippen molar-refractivity contribution < 1.29 is 4.42 Å². The van der Waals surface area contributed by atoms with E-state index < -0.39 is 0 Å². The van der Waals surface area contributed by atoms with Crippen molar-refractivity contribution in [2.75, 3.05) is 26.7 Å². The minimum absolute atomic E-state index is 0.642. The highest BCUT2D eigenvalue weighted by atomic mass is 16.3. The maximum Gasteiger partial charge on any atom is 0.192 e. The first-order valence-electron chi connectivity index (χ1n) is 6.99. The van der Waals surface area contributed by atoms with Crippen LogP contribution in [0, 0.1) is 6.92 Å². The van der Waals surface area contributed by atoms with Crippen LogP contribution in [-0.4, -0.2) is 42.6 Å². The minimum atomic E-state index is 0.642. The Labute approximate surface area is 113 Å². The van der Waals surface area contributed by atoms with Gasteiger partial charge >= 0.3 is 0 Å². The number of aromatic nitrogens is 1. The van der Waals surface area contributed by atoms with Gasteiger partial charge in [-0.3, -0.25) is 0 Å². The topological polar surface area (TPSA) is 41.3 Å². The van der Waals surface area contributed by atoms with Gasteiger partial charge in [0.2, 0.25) is 0 Å². The van der Waals surface area contributed by atoms with E-state index in [0.717, 1.165) is 43.0 Å². The van der Waals surface area contributed by atoms with Crippen molar-refractivity contribution in [2.45, 2.75) is 25.8 Å². The molecular weight excluding hydrogens is 238 g/mol. The van der Waals surface area contributed by atoms with E-state index in [9.17, 15) is 0 Å². The van der Waals surface area contributed by atoms with Gasteiger partial charge in [-0.25, -0.2) is 4.98 Å². The van der Waals surface area contributed by atoms with Crippen LogP contribution in [0.5, 0.6) is 0 Å². The molecule has 1 fully saturated rings. The Hall–Kier alpha value is -1.39. The molecule has 3 rings (SSSR count). The Balaban J connectivity index is 1.67. The van der Waals surface area contributed by atoms with E-state index in [1.807, 2.05) is 13.0 Å². The van der Waals surface area contributed by atoms with Gasteiger partial charge in [0.25, 0.3) is 0 Å². The van der Waals surface area contributed by atoms with E-state index in [2.05, 4.69) is 34.4 Å². The quantitative estimate of drug-likeness (QED) is 0.915. The average molecular weight is 259 g/mol. The van der Waals surface area contributed by atoms with Gasteiger partial charge in [-0.05, 0) is 37.6 Å². The van der Waals surface area contributed by atoms with Crippen molar-refractivity contribution in [2.24, 2.45) is 0 Å². The van der Waals surface area contributed by atoms with E-state index >= 15 is 0 Å². The third-order valence-electron chi connectivity index (χ3n) is 3.97. The van der Waals surface area contributed by atoms with E-state index in [4.69, 9.17) is 4.42 Å². The number of hydrogen-bond acceptors (Lipinski definition) is 4. The highest BCUT2D eigenvalue weighted by molar-refractivity contribution is 5.73. The molecule has 1 N–H and O–H groups in total. The molecule has 0 radical (unpaired) electrons. The summed E-state index contributed by atoms with van der Waals surface area (Å²) in [5.41, 5.74) is 3.21. The molecule has 1 aromatic heterocycles. The lowest BCUT2D eigenvalue weighted by Crippen LogP contribution is -2.49. The molecule has 0 spiro atoms. The van der Waals surface area contributed by atoms with Crippen LogP contribution in [0.15, 0.2) is 22.6 Å². The van der Waals surface area contributed by atoms with Crippen LogP contribution in [-0.2, 0) is 6.42 Å². The molecule has 0 aliphatic carbocycles. The van der Waals surface area contributed by atoms with Crippen LogP contribution < -0.4 is 5.32 Å². The summed E-state index contributed by atoms with van der Waals surface area (Å²) in [4.78, 5) is 6.85. The van der Waals surface area contributed by atoms with E-state index in [1.54, 1.807) is 0 Å². The number of piperazine rings is 1. The number of nitrogens with zero attached hydrogens (tertiary/aromatic N) is 2. The zero-order valence-electron chi connectivity index (χ0n) is 11.6. The fourth-order valence-corrected chi connectivity index (χ4v) is 2.76. The van der Waals surface area contributed by atoms with Gasteiger partial charge in [0.05, 0.1) is 0 Å². The summed E-state index contributed by atoms with van der Waals surface area (Å²) in [6.07, 6.45) is 2.28. The van der Waals surface area contributed by atoms with Crippen molar-refractivity contribution in [3.63, 3.8) is 0 Å². The van der Waals surface area contributed by atoms with E-state index in [-0.39, 0.29) is 0 Å². The number of hydrogen-bond donors (Lipinski definition) is 1. The normalized spacial score (nSPS) is 21.1. The molecule has 0 amide bonds. The lowest BCUT2D eigenvalue weighted by Gasteiger charge is -2.33. The van der Waals surface area contributed by atoms with Crippen LogP contribution in [0.25, 0.3) is 11.1 Å². The SMILES string of the molecule is Cc1nc2cc(CCC3CNCCN3C)ccc2o1. The monoisotopic (exact) mass is 259 g/mol. The molecule has 1 aliphatic heterocycles. The first-order valence-corrected chi connectivity index (χ1v) is 6.99. The Morgan fingerprint density at radius 2 is 2.37 bits per heavy atom. The molecule has 1 saturated heterocycles. The largest absolute Gasteiger partial charge is 0.441 e. The summed E-state index contributed by atoms with van der Waals surface area (Å²) in [7, 11) is 2.22. The molecule has 0 bridgehead atoms. The minimum Gasteiger partial charge on any atom is -0.441 e. The van der Waals surface area contributed by atoms with Crippen LogP contribution >= 0.6 is 0 Å². The zero-order valence-corrected chi connectivity index (χ0v) is 11.6. The first-order chi connectivity index (χ1) is 9.22. The van der Waals surface area contributed by atoms with Crippen LogP contribution in [0.2, 0.25) is 0 Å². The molecule has 102 valence electrons. The Morgan fingerprint density at radius 1 is 1.47 bits per heavy atom. The lowest BCUT2D eigenvalue weighted by atomic mass is 10.0. The summed E-state index contributed by atoms with van der Waals surface area (Å²) in [6, 6.07) is 6.99. The van der Waals surface area contributed by atoms with Gasteiger partial charge in [0.15, 0.2) is 11.5 Å². The third-order valence-corrected chi connectivity index (χ3v) is 3.97. The summed E-state index contributed by atoms with van der Waals surface area (Å²) >= 11 is 0. The summed E-state index contributed by atoms with van der Waals surface area (Å²) in [5, 5.41) is 3.47. The maximum atomic E-state index is 5.51. The predicted molar refractivity (Wildman–Crippen MR) is 76.4 cm³/mol. The molecule has 19 heavy (non-hydrogen) atoms. The Bertz CT molecular complexity index is 564. The van der Waals surface area contributed by atoms with Gasteiger partial charge in [-0.2, -0.15) is 0 Å². The number of rotatable bonds is 3.